The second-order valence-electron chi connectivity index (χ2n) is 6.42. The van der Waals surface area contributed by atoms with Crippen LogP contribution >= 0.6 is 0 Å². The van der Waals surface area contributed by atoms with E-state index in [0.717, 1.165) is 33.4 Å². The number of nitrogens with zero attached hydrogens (tertiary/aromatic N) is 4. The van der Waals surface area contributed by atoms with E-state index in [1.807, 2.05) is 49.4 Å². The van der Waals surface area contributed by atoms with Crippen LogP contribution in [0.25, 0.3) is 11.0 Å². The Kier molecular flexibility index (Phi) is 3.96. The number of fused-ring (bicyclic) bond motifs is 1. The second-order valence-corrected chi connectivity index (χ2v) is 8.26. The van der Waals surface area contributed by atoms with E-state index in [2.05, 4.69) is 15.1 Å². The average Bonchev–Trinajstić information content (AvgIpc) is 3.07. The number of sulfonamides is 1. The lowest BCUT2D eigenvalue weighted by Gasteiger charge is -2.21. The quantitative estimate of drug-likeness (QED) is 0.714. The molecule has 0 aliphatic carbocycles. The molecule has 3 aromatic rings. The number of aryl methyl sites for hydroxylation is 1. The fourth-order valence-electron chi connectivity index (χ4n) is 3.29. The first-order valence-corrected chi connectivity index (χ1v) is 10.1. The van der Waals surface area contributed by atoms with Crippen molar-refractivity contribution < 1.29 is 8.42 Å². The Morgan fingerprint density at radius 2 is 1.77 bits per heavy atom. The van der Waals surface area contributed by atoms with Crippen molar-refractivity contribution >= 4 is 26.8 Å². The minimum Gasteiger partial charge on any atom is -0.253 e. The van der Waals surface area contributed by atoms with E-state index in [1.165, 1.54) is 10.7 Å². The van der Waals surface area contributed by atoms with Gasteiger partial charge in [0.2, 0.25) is 10.0 Å². The van der Waals surface area contributed by atoms with Crippen LogP contribution in [0.15, 0.2) is 60.0 Å². The number of aromatic nitrogens is 2. The highest BCUT2D eigenvalue weighted by atomic mass is 32.2. The van der Waals surface area contributed by atoms with E-state index >= 15 is 0 Å². The number of hydrogen-bond acceptors (Lipinski definition) is 5. The Balaban J connectivity index is 1.79. The predicted octanol–water partition coefficient (Wildman–Crippen LogP) is 3.05. The monoisotopic (exact) mass is 366 g/mol. The summed E-state index contributed by atoms with van der Waals surface area (Å²) in [7, 11) is -3.50. The van der Waals surface area contributed by atoms with Gasteiger partial charge in [-0.25, -0.2) is 8.42 Å². The van der Waals surface area contributed by atoms with Crippen molar-refractivity contribution in [2.45, 2.75) is 19.4 Å². The molecule has 4 rings (SSSR count). The summed E-state index contributed by atoms with van der Waals surface area (Å²) in [4.78, 5) is 8.59. The largest absolute Gasteiger partial charge is 0.253 e. The second kappa shape index (κ2) is 6.17. The Hall–Kier alpha value is -2.80. The van der Waals surface area contributed by atoms with Gasteiger partial charge in [-0.2, -0.15) is 9.52 Å². The van der Waals surface area contributed by atoms with Crippen molar-refractivity contribution in [3.63, 3.8) is 0 Å². The molecule has 132 valence electrons. The van der Waals surface area contributed by atoms with Crippen molar-refractivity contribution in [2.75, 3.05) is 6.26 Å². The highest BCUT2D eigenvalue weighted by Gasteiger charge is 2.34. The van der Waals surface area contributed by atoms with Crippen LogP contribution in [-0.4, -0.2) is 34.8 Å². The number of benzene rings is 2. The van der Waals surface area contributed by atoms with Crippen LogP contribution in [0.4, 0.5) is 0 Å². The summed E-state index contributed by atoms with van der Waals surface area (Å²) in [6.07, 6.45) is 4.97. The lowest BCUT2D eigenvalue weighted by Crippen LogP contribution is -2.25. The van der Waals surface area contributed by atoms with Gasteiger partial charge >= 0.3 is 0 Å². The van der Waals surface area contributed by atoms with Gasteiger partial charge in [0, 0.05) is 24.4 Å². The molecule has 6 nitrogen and oxygen atoms in total. The van der Waals surface area contributed by atoms with E-state index in [9.17, 15) is 8.42 Å². The van der Waals surface area contributed by atoms with Crippen molar-refractivity contribution in [1.29, 1.82) is 0 Å². The zero-order valence-electron chi connectivity index (χ0n) is 14.5. The third-order valence-corrected chi connectivity index (χ3v) is 5.56. The maximum absolute atomic E-state index is 12.3. The highest BCUT2D eigenvalue weighted by molar-refractivity contribution is 7.88. The molecule has 7 heteroatoms. The first kappa shape index (κ1) is 16.7. The molecule has 1 aliphatic rings. The van der Waals surface area contributed by atoms with Gasteiger partial charge in [0.25, 0.3) is 0 Å². The summed E-state index contributed by atoms with van der Waals surface area (Å²) < 4.78 is 25.9. The Morgan fingerprint density at radius 1 is 1.04 bits per heavy atom. The molecular weight excluding hydrogens is 348 g/mol. The van der Waals surface area contributed by atoms with Gasteiger partial charge in [0.05, 0.1) is 29.0 Å². The van der Waals surface area contributed by atoms with Crippen LogP contribution in [0, 0.1) is 6.92 Å². The first-order valence-electron chi connectivity index (χ1n) is 8.27. The van der Waals surface area contributed by atoms with Crippen LogP contribution in [0.3, 0.4) is 0 Å². The van der Waals surface area contributed by atoms with Crippen molar-refractivity contribution in [3.05, 3.63) is 71.5 Å². The van der Waals surface area contributed by atoms with E-state index in [1.54, 1.807) is 12.4 Å². The smallest absolute Gasteiger partial charge is 0.247 e. The average molecular weight is 366 g/mol. The summed E-state index contributed by atoms with van der Waals surface area (Å²) in [6.45, 7) is 2.00. The predicted molar refractivity (Wildman–Crippen MR) is 101 cm³/mol. The number of rotatable bonds is 3. The van der Waals surface area contributed by atoms with Crippen LogP contribution in [0.5, 0.6) is 0 Å². The molecule has 0 unspecified atom stereocenters. The molecule has 0 saturated heterocycles. The Labute approximate surface area is 152 Å². The fraction of sp³-hybridized carbons (Fsp3) is 0.211. The third kappa shape index (κ3) is 2.94. The lowest BCUT2D eigenvalue weighted by atomic mass is 9.96. The standard InChI is InChI=1S/C19H18N4O2S/c1-13-5-3-4-6-15(13)17-12-19(23(22-17)26(2,24)25)14-7-8-16-18(11-14)21-10-9-20-16/h3-11,19H,12H2,1-2H3/t19-/m1/s1. The summed E-state index contributed by atoms with van der Waals surface area (Å²) in [6, 6.07) is 13.1. The zero-order valence-corrected chi connectivity index (χ0v) is 15.3. The minimum atomic E-state index is -3.50. The summed E-state index contributed by atoms with van der Waals surface area (Å²) in [5.74, 6) is 0. The van der Waals surface area contributed by atoms with Gasteiger partial charge in [0.15, 0.2) is 0 Å². The van der Waals surface area contributed by atoms with E-state index < -0.39 is 10.0 Å². The van der Waals surface area contributed by atoms with Crippen LogP contribution in [0.2, 0.25) is 0 Å². The van der Waals surface area contributed by atoms with Gasteiger partial charge in [-0.3, -0.25) is 9.97 Å². The maximum atomic E-state index is 12.3. The summed E-state index contributed by atoms with van der Waals surface area (Å²) in [5.41, 5.74) is 5.20. The lowest BCUT2D eigenvalue weighted by molar-refractivity contribution is 0.375. The van der Waals surface area contributed by atoms with Gasteiger partial charge in [-0.05, 0) is 30.2 Å². The molecule has 2 heterocycles. The molecule has 0 spiro atoms. The Morgan fingerprint density at radius 3 is 2.50 bits per heavy atom. The minimum absolute atomic E-state index is 0.383. The first-order chi connectivity index (χ1) is 12.4. The van der Waals surface area contributed by atoms with E-state index in [4.69, 9.17) is 0 Å². The van der Waals surface area contributed by atoms with Gasteiger partial charge in [-0.1, -0.05) is 30.3 Å². The zero-order chi connectivity index (χ0) is 18.3. The van der Waals surface area contributed by atoms with E-state index in [0.29, 0.717) is 6.42 Å². The molecule has 1 atom stereocenters. The molecule has 0 fully saturated rings. The summed E-state index contributed by atoms with van der Waals surface area (Å²) >= 11 is 0. The third-order valence-electron chi connectivity index (χ3n) is 4.55. The molecule has 0 radical (unpaired) electrons. The molecule has 1 aromatic heterocycles. The molecule has 1 aliphatic heterocycles. The van der Waals surface area contributed by atoms with Gasteiger partial charge in [0.1, 0.15) is 0 Å². The SMILES string of the molecule is Cc1ccccc1C1=NN(S(C)(=O)=O)[C@@H](c2ccc3nccnc3c2)C1. The topological polar surface area (TPSA) is 75.5 Å². The normalized spacial score (nSPS) is 17.5. The highest BCUT2D eigenvalue weighted by Crippen LogP contribution is 2.35. The molecule has 26 heavy (non-hydrogen) atoms. The molecular formula is C19H18N4O2S. The Bertz CT molecular complexity index is 1130. The van der Waals surface area contributed by atoms with Crippen molar-refractivity contribution in [2.24, 2.45) is 5.10 Å². The number of hydrazone groups is 1. The van der Waals surface area contributed by atoms with Crippen LogP contribution in [0.1, 0.15) is 29.2 Å². The molecule has 0 bridgehead atoms. The van der Waals surface area contributed by atoms with Crippen molar-refractivity contribution in [1.82, 2.24) is 14.4 Å². The fourth-order valence-corrected chi connectivity index (χ4v) is 4.19. The van der Waals surface area contributed by atoms with Gasteiger partial charge < -0.3 is 0 Å². The molecule has 2 aromatic carbocycles. The van der Waals surface area contributed by atoms with E-state index in [-0.39, 0.29) is 6.04 Å². The maximum Gasteiger partial charge on any atom is 0.247 e. The van der Waals surface area contributed by atoms with Crippen LogP contribution < -0.4 is 0 Å². The molecule has 0 N–H and O–H groups in total. The summed E-state index contributed by atoms with van der Waals surface area (Å²) in [5, 5.41) is 4.45. The molecule has 0 amide bonds. The van der Waals surface area contributed by atoms with Crippen molar-refractivity contribution in [3.8, 4) is 0 Å². The van der Waals surface area contributed by atoms with Crippen LogP contribution in [-0.2, 0) is 10.0 Å². The number of hydrogen-bond donors (Lipinski definition) is 0. The molecule has 0 saturated carbocycles. The van der Waals surface area contributed by atoms with Gasteiger partial charge in [-0.15, -0.1) is 0 Å².